The van der Waals surface area contributed by atoms with Gasteiger partial charge in [0.2, 0.25) is 0 Å². The summed E-state index contributed by atoms with van der Waals surface area (Å²) in [7, 11) is 1.33. The summed E-state index contributed by atoms with van der Waals surface area (Å²) in [5.74, 6) is -0.962. The maximum absolute atomic E-state index is 11.4. The number of methoxy groups -OCH3 is 1. The molecule has 2 rings (SSSR count). The second kappa shape index (κ2) is 5.87. The van der Waals surface area contributed by atoms with Crippen LogP contribution in [0.3, 0.4) is 0 Å². The number of esters is 1. The first kappa shape index (κ1) is 14.3. The second-order valence-electron chi connectivity index (χ2n) is 4.06. The van der Waals surface area contributed by atoms with E-state index in [-0.39, 0.29) is 5.69 Å². The minimum absolute atomic E-state index is 0.215. The van der Waals surface area contributed by atoms with E-state index in [0.717, 1.165) is 10.0 Å². The zero-order chi connectivity index (χ0) is 14.7. The van der Waals surface area contributed by atoms with Gasteiger partial charge in [0, 0.05) is 10.7 Å². The van der Waals surface area contributed by atoms with Crippen molar-refractivity contribution < 1.29 is 14.3 Å². The number of halogens is 1. The third kappa shape index (κ3) is 3.05. The predicted octanol–water partition coefficient (Wildman–Crippen LogP) is 1.58. The minimum Gasteiger partial charge on any atom is -0.465 e. The van der Waals surface area contributed by atoms with Gasteiger partial charge in [-0.3, -0.25) is 9.48 Å². The Morgan fingerprint density at radius 2 is 2.15 bits per heavy atom. The third-order valence-electron chi connectivity index (χ3n) is 2.70. The Morgan fingerprint density at radius 1 is 1.40 bits per heavy atom. The number of primary amides is 1. The van der Waals surface area contributed by atoms with Gasteiger partial charge < -0.3 is 10.5 Å². The van der Waals surface area contributed by atoms with E-state index in [4.69, 9.17) is 5.73 Å². The molecule has 20 heavy (non-hydrogen) atoms. The van der Waals surface area contributed by atoms with Crippen LogP contribution < -0.4 is 5.73 Å². The van der Waals surface area contributed by atoms with Crippen molar-refractivity contribution in [1.82, 2.24) is 9.78 Å². The normalized spacial score (nSPS) is 10.3. The van der Waals surface area contributed by atoms with E-state index in [2.05, 4.69) is 25.8 Å². The molecule has 1 heterocycles. The number of nitrogens with zero attached hydrogens (tertiary/aromatic N) is 2. The second-order valence-corrected chi connectivity index (χ2v) is 4.91. The highest BCUT2D eigenvalue weighted by Crippen LogP contribution is 2.20. The molecule has 0 radical (unpaired) electrons. The molecule has 0 bridgehead atoms. The topological polar surface area (TPSA) is 87.2 Å². The van der Waals surface area contributed by atoms with Crippen LogP contribution in [0.2, 0.25) is 0 Å². The van der Waals surface area contributed by atoms with Gasteiger partial charge in [-0.15, -0.1) is 0 Å². The van der Waals surface area contributed by atoms with Crippen LogP contribution in [0.25, 0.3) is 0 Å². The molecule has 0 unspecified atom stereocenters. The number of amides is 1. The quantitative estimate of drug-likeness (QED) is 0.858. The highest BCUT2D eigenvalue weighted by atomic mass is 79.9. The number of rotatable bonds is 4. The Hall–Kier alpha value is -2.15. The molecule has 0 saturated heterocycles. The SMILES string of the molecule is COC(=O)c1ccc(Cn2ccc(C(N)=O)n2)c(Br)c1. The zero-order valence-electron chi connectivity index (χ0n) is 10.7. The fourth-order valence-electron chi connectivity index (χ4n) is 1.68. The van der Waals surface area contributed by atoms with E-state index in [1.807, 2.05) is 0 Å². The van der Waals surface area contributed by atoms with Gasteiger partial charge in [0.25, 0.3) is 5.91 Å². The van der Waals surface area contributed by atoms with E-state index in [1.165, 1.54) is 7.11 Å². The molecule has 1 amide bonds. The van der Waals surface area contributed by atoms with Crippen molar-refractivity contribution in [3.63, 3.8) is 0 Å². The molecule has 0 fully saturated rings. The first-order chi connectivity index (χ1) is 9.51. The molecule has 2 aromatic rings. The molecule has 0 saturated carbocycles. The van der Waals surface area contributed by atoms with E-state index in [0.29, 0.717) is 12.1 Å². The van der Waals surface area contributed by atoms with Gasteiger partial charge in [-0.25, -0.2) is 4.79 Å². The van der Waals surface area contributed by atoms with Gasteiger partial charge in [-0.05, 0) is 23.8 Å². The van der Waals surface area contributed by atoms with Crippen molar-refractivity contribution in [2.75, 3.05) is 7.11 Å². The highest BCUT2D eigenvalue weighted by Gasteiger charge is 2.10. The van der Waals surface area contributed by atoms with Crippen LogP contribution in [-0.4, -0.2) is 28.8 Å². The monoisotopic (exact) mass is 337 g/mol. The van der Waals surface area contributed by atoms with Crippen LogP contribution in [-0.2, 0) is 11.3 Å². The molecule has 0 aliphatic heterocycles. The lowest BCUT2D eigenvalue weighted by molar-refractivity contribution is 0.0600. The number of carbonyl (C=O) groups is 2. The summed E-state index contributed by atoms with van der Waals surface area (Å²) in [6, 6.07) is 6.70. The smallest absolute Gasteiger partial charge is 0.337 e. The van der Waals surface area contributed by atoms with Gasteiger partial charge >= 0.3 is 5.97 Å². The lowest BCUT2D eigenvalue weighted by atomic mass is 10.1. The van der Waals surface area contributed by atoms with E-state index >= 15 is 0 Å². The van der Waals surface area contributed by atoms with Crippen molar-refractivity contribution in [3.8, 4) is 0 Å². The summed E-state index contributed by atoms with van der Waals surface area (Å²) < 4.78 is 7.01. The number of nitrogens with two attached hydrogens (primary N) is 1. The largest absolute Gasteiger partial charge is 0.465 e. The Labute approximate surface area is 123 Å². The molecule has 0 atom stereocenters. The molecular formula is C13H12BrN3O3. The van der Waals surface area contributed by atoms with E-state index < -0.39 is 11.9 Å². The lowest BCUT2D eigenvalue weighted by Crippen LogP contribution is -2.13. The summed E-state index contributed by atoms with van der Waals surface area (Å²) in [4.78, 5) is 22.4. The Balaban J connectivity index is 2.21. The molecular weight excluding hydrogens is 326 g/mol. The molecule has 0 spiro atoms. The lowest BCUT2D eigenvalue weighted by Gasteiger charge is -2.07. The van der Waals surface area contributed by atoms with Gasteiger partial charge in [0.1, 0.15) is 5.69 Å². The molecule has 2 N–H and O–H groups in total. The summed E-state index contributed by atoms with van der Waals surface area (Å²) in [5, 5.41) is 4.05. The highest BCUT2D eigenvalue weighted by molar-refractivity contribution is 9.10. The average Bonchev–Trinajstić information content (AvgIpc) is 2.89. The number of hydrogen-bond acceptors (Lipinski definition) is 4. The summed E-state index contributed by atoms with van der Waals surface area (Å²) in [6.07, 6.45) is 1.67. The van der Waals surface area contributed by atoms with Crippen LogP contribution >= 0.6 is 15.9 Å². The Bertz CT molecular complexity index is 667. The first-order valence-corrected chi connectivity index (χ1v) is 6.50. The fraction of sp³-hybridized carbons (Fsp3) is 0.154. The van der Waals surface area contributed by atoms with Crippen LogP contribution in [0.1, 0.15) is 26.4 Å². The van der Waals surface area contributed by atoms with Gasteiger partial charge in [0.15, 0.2) is 0 Å². The average molecular weight is 338 g/mol. The summed E-state index contributed by atoms with van der Waals surface area (Å²) in [5.41, 5.74) is 6.73. The van der Waals surface area contributed by atoms with Crippen LogP contribution in [0, 0.1) is 0 Å². The minimum atomic E-state index is -0.566. The third-order valence-corrected chi connectivity index (χ3v) is 3.44. The molecule has 0 aliphatic carbocycles. The van der Waals surface area contributed by atoms with Crippen molar-refractivity contribution in [2.24, 2.45) is 5.73 Å². The van der Waals surface area contributed by atoms with Crippen LogP contribution in [0.15, 0.2) is 34.9 Å². The summed E-state index contributed by atoms with van der Waals surface area (Å²) >= 11 is 3.40. The van der Waals surface area contributed by atoms with Crippen molar-refractivity contribution in [3.05, 3.63) is 51.8 Å². The molecule has 6 nitrogen and oxygen atoms in total. The Morgan fingerprint density at radius 3 is 2.70 bits per heavy atom. The number of benzene rings is 1. The summed E-state index contributed by atoms with van der Waals surface area (Å²) in [6.45, 7) is 0.454. The van der Waals surface area contributed by atoms with Gasteiger partial charge in [-0.1, -0.05) is 22.0 Å². The van der Waals surface area contributed by atoms with Gasteiger partial charge in [-0.2, -0.15) is 5.10 Å². The number of ether oxygens (including phenoxy) is 1. The fourth-order valence-corrected chi connectivity index (χ4v) is 2.18. The van der Waals surface area contributed by atoms with Crippen molar-refractivity contribution in [2.45, 2.75) is 6.54 Å². The number of aromatic nitrogens is 2. The molecule has 0 aliphatic rings. The van der Waals surface area contributed by atoms with Gasteiger partial charge in [0.05, 0.1) is 19.2 Å². The molecule has 7 heteroatoms. The van der Waals surface area contributed by atoms with E-state index in [1.54, 1.807) is 35.1 Å². The van der Waals surface area contributed by atoms with Crippen molar-refractivity contribution >= 4 is 27.8 Å². The van der Waals surface area contributed by atoms with Crippen LogP contribution in [0.4, 0.5) is 0 Å². The predicted molar refractivity (Wildman–Crippen MR) is 75.3 cm³/mol. The number of hydrogen-bond donors (Lipinski definition) is 1. The van der Waals surface area contributed by atoms with E-state index in [9.17, 15) is 9.59 Å². The molecule has 1 aromatic heterocycles. The molecule has 1 aromatic carbocycles. The first-order valence-electron chi connectivity index (χ1n) is 5.71. The zero-order valence-corrected chi connectivity index (χ0v) is 12.3. The maximum Gasteiger partial charge on any atom is 0.337 e. The van der Waals surface area contributed by atoms with Crippen LogP contribution in [0.5, 0.6) is 0 Å². The Kier molecular flexibility index (Phi) is 4.19. The molecule has 104 valence electrons. The number of carbonyl (C=O) groups excluding carboxylic acids is 2. The maximum atomic E-state index is 11.4. The standard InChI is InChI=1S/C13H12BrN3O3/c1-20-13(19)8-2-3-9(10(14)6-8)7-17-5-4-11(16-17)12(15)18/h2-6H,7H2,1H3,(H2,15,18). The van der Waals surface area contributed by atoms with Crippen molar-refractivity contribution in [1.29, 1.82) is 0 Å².